The zero-order valence-electron chi connectivity index (χ0n) is 8.60. The highest BCUT2D eigenvalue weighted by atomic mass is 32.1. The van der Waals surface area contributed by atoms with E-state index in [4.69, 9.17) is 9.47 Å². The van der Waals surface area contributed by atoms with Crippen LogP contribution in [0.1, 0.15) is 6.42 Å². The second-order valence-electron chi connectivity index (χ2n) is 2.85. The Morgan fingerprint density at radius 1 is 1.27 bits per heavy atom. The summed E-state index contributed by atoms with van der Waals surface area (Å²) in [6.07, 6.45) is 0.843. The maximum absolute atomic E-state index is 5.47. The molecule has 0 saturated heterocycles. The van der Waals surface area contributed by atoms with Gasteiger partial charge in [-0.3, -0.25) is 0 Å². The van der Waals surface area contributed by atoms with E-state index in [0.717, 1.165) is 17.9 Å². The van der Waals surface area contributed by atoms with Crippen LogP contribution < -0.4 is 9.47 Å². The first-order valence-electron chi connectivity index (χ1n) is 4.67. The predicted octanol–water partition coefficient (Wildman–Crippen LogP) is 2.57. The molecule has 0 saturated carbocycles. The van der Waals surface area contributed by atoms with Gasteiger partial charge in [-0.25, -0.2) is 4.99 Å². The third-order valence-electron chi connectivity index (χ3n) is 1.81. The van der Waals surface area contributed by atoms with E-state index in [-0.39, 0.29) is 0 Å². The van der Waals surface area contributed by atoms with Gasteiger partial charge in [0.25, 0.3) is 0 Å². The number of ether oxygens (including phenoxy) is 2. The van der Waals surface area contributed by atoms with Gasteiger partial charge in [-0.2, -0.15) is 0 Å². The van der Waals surface area contributed by atoms with E-state index in [1.807, 2.05) is 24.3 Å². The topological polar surface area (TPSA) is 30.8 Å². The quantitative estimate of drug-likeness (QED) is 0.422. The van der Waals surface area contributed by atoms with Crippen LogP contribution in [0.25, 0.3) is 0 Å². The molecule has 0 aliphatic carbocycles. The standard InChI is InChI=1S/C11H13NO2S/c1-13-10-3-5-11(6-4-10)14-8-2-7-12-9-15/h3-6H,2,7-8H2,1H3. The maximum Gasteiger partial charge on any atom is 0.119 e. The minimum Gasteiger partial charge on any atom is -0.497 e. The molecular formula is C11H13NO2S. The number of thiocarbonyl (C=S) groups is 1. The van der Waals surface area contributed by atoms with Crippen molar-refractivity contribution in [2.24, 2.45) is 4.99 Å². The van der Waals surface area contributed by atoms with Gasteiger partial charge in [-0.15, -0.1) is 0 Å². The Morgan fingerprint density at radius 2 is 1.93 bits per heavy atom. The average molecular weight is 223 g/mol. The lowest BCUT2D eigenvalue weighted by Crippen LogP contribution is -1.98. The molecular weight excluding hydrogens is 210 g/mol. The van der Waals surface area contributed by atoms with Gasteiger partial charge in [0, 0.05) is 6.42 Å². The van der Waals surface area contributed by atoms with Gasteiger partial charge in [0.1, 0.15) is 11.5 Å². The first-order valence-corrected chi connectivity index (χ1v) is 5.08. The van der Waals surface area contributed by atoms with Crippen LogP contribution >= 0.6 is 12.2 Å². The summed E-state index contributed by atoms with van der Waals surface area (Å²) < 4.78 is 10.5. The zero-order chi connectivity index (χ0) is 10.9. The molecule has 0 atom stereocenters. The molecule has 0 aliphatic rings. The summed E-state index contributed by atoms with van der Waals surface area (Å²) in [5, 5.41) is 2.32. The van der Waals surface area contributed by atoms with Gasteiger partial charge < -0.3 is 9.47 Å². The van der Waals surface area contributed by atoms with Gasteiger partial charge in [-0.1, -0.05) is 0 Å². The largest absolute Gasteiger partial charge is 0.497 e. The summed E-state index contributed by atoms with van der Waals surface area (Å²) in [6, 6.07) is 7.48. The fraction of sp³-hybridized carbons (Fsp3) is 0.364. The summed E-state index contributed by atoms with van der Waals surface area (Å²) in [4.78, 5) is 3.80. The third-order valence-corrected chi connectivity index (χ3v) is 1.94. The number of hydrogen-bond donors (Lipinski definition) is 0. The van der Waals surface area contributed by atoms with E-state index in [9.17, 15) is 0 Å². The summed E-state index contributed by atoms with van der Waals surface area (Å²) in [7, 11) is 1.64. The molecule has 0 unspecified atom stereocenters. The van der Waals surface area contributed by atoms with Crippen LogP contribution in [0.15, 0.2) is 29.3 Å². The molecule has 0 bridgehead atoms. The molecule has 0 radical (unpaired) electrons. The number of methoxy groups -OCH3 is 1. The van der Waals surface area contributed by atoms with Crippen molar-refractivity contribution >= 4 is 17.4 Å². The van der Waals surface area contributed by atoms with E-state index in [1.54, 1.807) is 7.11 Å². The number of aliphatic imine (C=N–C) groups is 1. The fourth-order valence-electron chi connectivity index (χ4n) is 1.05. The lowest BCUT2D eigenvalue weighted by atomic mass is 10.3. The molecule has 1 aromatic rings. The number of benzene rings is 1. The minimum absolute atomic E-state index is 0.632. The average Bonchev–Trinajstić information content (AvgIpc) is 2.30. The monoisotopic (exact) mass is 223 g/mol. The number of isothiocyanates is 1. The summed E-state index contributed by atoms with van der Waals surface area (Å²) in [6.45, 7) is 1.30. The molecule has 0 aromatic heterocycles. The van der Waals surface area contributed by atoms with Crippen LogP contribution in [-0.2, 0) is 0 Å². The lowest BCUT2D eigenvalue weighted by molar-refractivity contribution is 0.313. The summed E-state index contributed by atoms with van der Waals surface area (Å²) >= 11 is 4.45. The molecule has 0 N–H and O–H groups in total. The SMILES string of the molecule is COc1ccc(OCCCN=C=S)cc1. The van der Waals surface area contributed by atoms with E-state index in [1.165, 1.54) is 0 Å². The van der Waals surface area contributed by atoms with Crippen LogP contribution in [-0.4, -0.2) is 25.4 Å². The molecule has 0 amide bonds. The van der Waals surface area contributed by atoms with Gasteiger partial charge in [-0.05, 0) is 36.5 Å². The molecule has 0 spiro atoms. The van der Waals surface area contributed by atoms with E-state index >= 15 is 0 Å². The molecule has 0 aliphatic heterocycles. The molecule has 80 valence electrons. The summed E-state index contributed by atoms with van der Waals surface area (Å²) in [5.41, 5.74) is 0. The molecule has 4 heteroatoms. The Kier molecular flexibility index (Phi) is 5.44. The van der Waals surface area contributed by atoms with Crippen LogP contribution in [0, 0.1) is 0 Å². The molecule has 1 rings (SSSR count). The summed E-state index contributed by atoms with van der Waals surface area (Å²) in [5.74, 6) is 1.66. The number of nitrogens with zero attached hydrogens (tertiary/aromatic N) is 1. The first kappa shape index (κ1) is 11.7. The van der Waals surface area contributed by atoms with Crippen LogP contribution in [0.4, 0.5) is 0 Å². The normalized spacial score (nSPS) is 9.13. The van der Waals surface area contributed by atoms with Crippen molar-refractivity contribution in [1.82, 2.24) is 0 Å². The zero-order valence-corrected chi connectivity index (χ0v) is 9.42. The van der Waals surface area contributed by atoms with Crippen molar-refractivity contribution in [2.45, 2.75) is 6.42 Å². The van der Waals surface area contributed by atoms with Crippen LogP contribution in [0.3, 0.4) is 0 Å². The Balaban J connectivity index is 2.28. The van der Waals surface area contributed by atoms with Crippen molar-refractivity contribution in [1.29, 1.82) is 0 Å². The smallest absolute Gasteiger partial charge is 0.119 e. The first-order chi connectivity index (χ1) is 7.36. The van der Waals surface area contributed by atoms with Crippen LogP contribution in [0.5, 0.6) is 11.5 Å². The van der Waals surface area contributed by atoms with E-state index < -0.39 is 0 Å². The van der Waals surface area contributed by atoms with Gasteiger partial charge in [0.05, 0.1) is 25.4 Å². The van der Waals surface area contributed by atoms with Crippen molar-refractivity contribution in [3.8, 4) is 11.5 Å². The Labute approximate surface area is 94.7 Å². The highest BCUT2D eigenvalue weighted by Crippen LogP contribution is 2.16. The lowest BCUT2D eigenvalue weighted by Gasteiger charge is -2.05. The molecule has 0 heterocycles. The van der Waals surface area contributed by atoms with Crippen molar-refractivity contribution in [2.75, 3.05) is 20.3 Å². The molecule has 1 aromatic carbocycles. The highest BCUT2D eigenvalue weighted by molar-refractivity contribution is 7.78. The molecule has 3 nitrogen and oxygen atoms in total. The Morgan fingerprint density at radius 3 is 2.53 bits per heavy atom. The van der Waals surface area contributed by atoms with E-state index in [2.05, 4.69) is 22.4 Å². The number of hydrogen-bond acceptors (Lipinski definition) is 4. The van der Waals surface area contributed by atoms with Gasteiger partial charge in [0.2, 0.25) is 0 Å². The second-order valence-corrected chi connectivity index (χ2v) is 3.03. The van der Waals surface area contributed by atoms with Crippen molar-refractivity contribution in [3.05, 3.63) is 24.3 Å². The molecule has 15 heavy (non-hydrogen) atoms. The van der Waals surface area contributed by atoms with Crippen molar-refractivity contribution < 1.29 is 9.47 Å². The highest BCUT2D eigenvalue weighted by Gasteiger charge is 1.94. The van der Waals surface area contributed by atoms with Crippen molar-refractivity contribution in [3.63, 3.8) is 0 Å². The second kappa shape index (κ2) is 6.98. The van der Waals surface area contributed by atoms with Crippen LogP contribution in [0.2, 0.25) is 0 Å². The number of rotatable bonds is 6. The molecule has 0 fully saturated rings. The van der Waals surface area contributed by atoms with E-state index in [0.29, 0.717) is 13.2 Å². The maximum atomic E-state index is 5.47. The fourth-order valence-corrected chi connectivity index (χ4v) is 1.14. The van der Waals surface area contributed by atoms with Gasteiger partial charge in [0.15, 0.2) is 0 Å². The minimum atomic E-state index is 0.632. The van der Waals surface area contributed by atoms with Gasteiger partial charge >= 0.3 is 0 Å². The Bertz CT molecular complexity index is 331. The Hall–Kier alpha value is -1.38. The third kappa shape index (κ3) is 4.58. The predicted molar refractivity (Wildman–Crippen MR) is 63.0 cm³/mol.